The number of hydrogen-bond acceptors (Lipinski definition) is 5. The van der Waals surface area contributed by atoms with Gasteiger partial charge in [0, 0.05) is 14.2 Å². The highest BCUT2D eigenvalue weighted by molar-refractivity contribution is 5.82. The van der Waals surface area contributed by atoms with Crippen LogP contribution in [0.2, 0.25) is 0 Å². The molecule has 0 aromatic carbocycles. The lowest BCUT2D eigenvalue weighted by atomic mass is 10.5. The summed E-state index contributed by atoms with van der Waals surface area (Å²) in [6, 6.07) is 0. The summed E-state index contributed by atoms with van der Waals surface area (Å²) in [5.41, 5.74) is 0. The topological polar surface area (TPSA) is 65.1 Å². The molecule has 0 spiro atoms. The minimum atomic E-state index is -0.421. The molecule has 0 aliphatic carbocycles. The fourth-order valence-corrected chi connectivity index (χ4v) is 0.900. The molecule has 0 heterocycles. The maximum Gasteiger partial charge on any atom is 0.325 e. The van der Waals surface area contributed by atoms with Gasteiger partial charge in [0.25, 0.3) is 0 Å². The summed E-state index contributed by atoms with van der Waals surface area (Å²) < 4.78 is 14.5. The van der Waals surface area contributed by atoms with Crippen LogP contribution in [-0.2, 0) is 23.8 Å². The van der Waals surface area contributed by atoms with Gasteiger partial charge in [0.2, 0.25) is 5.91 Å². The molecule has 0 aromatic rings. The van der Waals surface area contributed by atoms with Crippen LogP contribution in [0.4, 0.5) is 0 Å². The van der Waals surface area contributed by atoms with Crippen LogP contribution in [0.15, 0.2) is 0 Å². The van der Waals surface area contributed by atoms with Gasteiger partial charge in [-0.15, -0.1) is 0 Å². The number of methoxy groups -OCH3 is 1. The van der Waals surface area contributed by atoms with E-state index in [4.69, 9.17) is 14.2 Å². The van der Waals surface area contributed by atoms with E-state index in [2.05, 4.69) is 0 Å². The van der Waals surface area contributed by atoms with Gasteiger partial charge in [-0.1, -0.05) is 0 Å². The van der Waals surface area contributed by atoms with Crippen LogP contribution in [0.3, 0.4) is 0 Å². The standard InChI is InChI=1S/C10H19NO5/c1-4-16-10(13)7-11(2)9(12)8-15-6-5-14-3/h4-8H2,1-3H3. The highest BCUT2D eigenvalue weighted by Gasteiger charge is 2.13. The summed E-state index contributed by atoms with van der Waals surface area (Å²) >= 11 is 0. The number of amides is 1. The third kappa shape index (κ3) is 7.19. The van der Waals surface area contributed by atoms with Gasteiger partial charge in [0.1, 0.15) is 13.2 Å². The Kier molecular flexibility index (Phi) is 8.46. The first-order valence-electron chi connectivity index (χ1n) is 5.08. The molecule has 0 atom stereocenters. The summed E-state index contributed by atoms with van der Waals surface area (Å²) in [6.07, 6.45) is 0. The second-order valence-electron chi connectivity index (χ2n) is 3.10. The molecule has 0 bridgehead atoms. The quantitative estimate of drug-likeness (QED) is 0.424. The lowest BCUT2D eigenvalue weighted by Gasteiger charge is -2.15. The molecule has 0 aromatic heterocycles. The van der Waals surface area contributed by atoms with Crippen LogP contribution in [0.5, 0.6) is 0 Å². The molecule has 0 radical (unpaired) electrons. The van der Waals surface area contributed by atoms with Crippen molar-refractivity contribution in [3.8, 4) is 0 Å². The van der Waals surface area contributed by atoms with Crippen LogP contribution in [0.1, 0.15) is 6.92 Å². The first-order chi connectivity index (χ1) is 7.61. The molecule has 6 nitrogen and oxygen atoms in total. The SMILES string of the molecule is CCOC(=O)CN(C)C(=O)COCCOC. The van der Waals surface area contributed by atoms with Crippen molar-refractivity contribution in [2.24, 2.45) is 0 Å². The highest BCUT2D eigenvalue weighted by Crippen LogP contribution is 1.89. The molecule has 0 N–H and O–H groups in total. The summed E-state index contributed by atoms with van der Waals surface area (Å²) in [7, 11) is 3.08. The maximum absolute atomic E-state index is 11.4. The van der Waals surface area contributed by atoms with E-state index in [1.165, 1.54) is 11.9 Å². The van der Waals surface area contributed by atoms with Crippen molar-refractivity contribution < 1.29 is 23.8 Å². The largest absolute Gasteiger partial charge is 0.465 e. The Balaban J connectivity index is 3.68. The van der Waals surface area contributed by atoms with Gasteiger partial charge in [0.15, 0.2) is 0 Å². The summed E-state index contributed by atoms with van der Waals surface area (Å²) in [4.78, 5) is 23.7. The van der Waals surface area contributed by atoms with Crippen molar-refractivity contribution in [3.05, 3.63) is 0 Å². The van der Waals surface area contributed by atoms with Gasteiger partial charge >= 0.3 is 5.97 Å². The number of carbonyl (C=O) groups is 2. The van der Waals surface area contributed by atoms with Gasteiger partial charge in [0.05, 0.1) is 19.8 Å². The van der Waals surface area contributed by atoms with E-state index in [1.807, 2.05) is 0 Å². The zero-order chi connectivity index (χ0) is 12.4. The number of ether oxygens (including phenoxy) is 3. The first-order valence-corrected chi connectivity index (χ1v) is 5.08. The third-order valence-corrected chi connectivity index (χ3v) is 1.75. The maximum atomic E-state index is 11.4. The fraction of sp³-hybridized carbons (Fsp3) is 0.800. The Bertz CT molecular complexity index is 219. The lowest BCUT2D eigenvalue weighted by Crippen LogP contribution is -2.35. The Morgan fingerprint density at radius 1 is 1.25 bits per heavy atom. The van der Waals surface area contributed by atoms with Crippen LogP contribution >= 0.6 is 0 Å². The van der Waals surface area contributed by atoms with Gasteiger partial charge in [-0.3, -0.25) is 9.59 Å². The summed E-state index contributed by atoms with van der Waals surface area (Å²) in [5, 5.41) is 0. The molecule has 6 heteroatoms. The monoisotopic (exact) mass is 233 g/mol. The third-order valence-electron chi connectivity index (χ3n) is 1.75. The molecule has 0 saturated carbocycles. The molecule has 0 saturated heterocycles. The predicted molar refractivity (Wildman–Crippen MR) is 57.0 cm³/mol. The van der Waals surface area contributed by atoms with Crippen molar-refractivity contribution in [1.82, 2.24) is 4.90 Å². The van der Waals surface area contributed by atoms with Crippen molar-refractivity contribution in [1.29, 1.82) is 0 Å². The predicted octanol–water partition coefficient (Wildman–Crippen LogP) is -0.329. The van der Waals surface area contributed by atoms with Crippen LogP contribution in [-0.4, -0.2) is 63.9 Å². The molecular weight excluding hydrogens is 214 g/mol. The minimum Gasteiger partial charge on any atom is -0.465 e. The van der Waals surface area contributed by atoms with E-state index >= 15 is 0 Å². The Hall–Kier alpha value is -1.14. The van der Waals surface area contributed by atoms with E-state index in [0.29, 0.717) is 19.8 Å². The Labute approximate surface area is 95.4 Å². The molecule has 0 unspecified atom stereocenters. The summed E-state index contributed by atoms with van der Waals surface area (Å²) in [6.45, 7) is 2.71. The van der Waals surface area contributed by atoms with Crippen molar-refractivity contribution in [2.75, 3.05) is 47.1 Å². The van der Waals surface area contributed by atoms with Crippen LogP contribution in [0, 0.1) is 0 Å². The zero-order valence-corrected chi connectivity index (χ0v) is 10.0. The van der Waals surface area contributed by atoms with Crippen molar-refractivity contribution in [2.45, 2.75) is 6.92 Å². The lowest BCUT2D eigenvalue weighted by molar-refractivity contribution is -0.149. The van der Waals surface area contributed by atoms with E-state index < -0.39 is 5.97 Å². The Morgan fingerprint density at radius 3 is 2.50 bits per heavy atom. The second-order valence-corrected chi connectivity index (χ2v) is 3.10. The highest BCUT2D eigenvalue weighted by atomic mass is 16.5. The van der Waals surface area contributed by atoms with Gasteiger partial charge in [-0.05, 0) is 6.92 Å². The number of esters is 1. The number of rotatable bonds is 8. The molecule has 94 valence electrons. The second kappa shape index (κ2) is 9.11. The Morgan fingerprint density at radius 2 is 1.94 bits per heavy atom. The number of hydrogen-bond donors (Lipinski definition) is 0. The number of likely N-dealkylation sites (N-methyl/N-ethyl adjacent to an activating group) is 1. The normalized spacial score (nSPS) is 9.94. The van der Waals surface area contributed by atoms with Crippen molar-refractivity contribution >= 4 is 11.9 Å². The molecule has 0 aliphatic heterocycles. The number of nitrogens with zero attached hydrogens (tertiary/aromatic N) is 1. The smallest absolute Gasteiger partial charge is 0.325 e. The van der Waals surface area contributed by atoms with Gasteiger partial charge < -0.3 is 19.1 Å². The first kappa shape index (κ1) is 14.9. The molecule has 0 aliphatic rings. The summed E-state index contributed by atoms with van der Waals surface area (Å²) in [5.74, 6) is -0.681. The average Bonchev–Trinajstić information content (AvgIpc) is 2.24. The van der Waals surface area contributed by atoms with Crippen LogP contribution in [0.25, 0.3) is 0 Å². The minimum absolute atomic E-state index is 0.0552. The van der Waals surface area contributed by atoms with E-state index in [0.717, 1.165) is 0 Å². The van der Waals surface area contributed by atoms with E-state index in [9.17, 15) is 9.59 Å². The molecular formula is C10H19NO5. The van der Waals surface area contributed by atoms with E-state index in [-0.39, 0.29) is 19.1 Å². The average molecular weight is 233 g/mol. The zero-order valence-electron chi connectivity index (χ0n) is 10.0. The van der Waals surface area contributed by atoms with E-state index in [1.54, 1.807) is 14.0 Å². The molecule has 0 fully saturated rings. The molecule has 1 amide bonds. The van der Waals surface area contributed by atoms with Crippen molar-refractivity contribution in [3.63, 3.8) is 0 Å². The van der Waals surface area contributed by atoms with Crippen LogP contribution < -0.4 is 0 Å². The number of carbonyl (C=O) groups excluding carboxylic acids is 2. The fourth-order valence-electron chi connectivity index (χ4n) is 0.900. The molecule has 0 rings (SSSR count). The van der Waals surface area contributed by atoms with Gasteiger partial charge in [-0.2, -0.15) is 0 Å². The molecule has 16 heavy (non-hydrogen) atoms. The van der Waals surface area contributed by atoms with Gasteiger partial charge in [-0.25, -0.2) is 0 Å².